The SMILES string of the molecule is C[C@@H]1CN([C@H](C)CO)C(=O)c2cc(C#CC3(O)CCCC3)cnc2O[C@@H]1CN(C)C(=O)C1CCOCC1. The van der Waals surface area contributed by atoms with Crippen LogP contribution in [0.1, 0.15) is 68.3 Å². The second-order valence-electron chi connectivity index (χ2n) is 10.8. The van der Waals surface area contributed by atoms with Gasteiger partial charge in [0.05, 0.1) is 19.2 Å². The number of hydrogen-bond acceptors (Lipinski definition) is 7. The Morgan fingerprint density at radius 2 is 2.03 bits per heavy atom. The van der Waals surface area contributed by atoms with E-state index in [0.29, 0.717) is 57.6 Å². The molecule has 3 heterocycles. The van der Waals surface area contributed by atoms with Crippen molar-refractivity contribution in [2.45, 2.75) is 70.1 Å². The molecule has 0 radical (unpaired) electrons. The largest absolute Gasteiger partial charge is 0.472 e. The van der Waals surface area contributed by atoms with E-state index >= 15 is 0 Å². The normalized spacial score (nSPS) is 24.7. The van der Waals surface area contributed by atoms with Gasteiger partial charge in [-0.25, -0.2) is 4.98 Å². The summed E-state index contributed by atoms with van der Waals surface area (Å²) in [5.41, 5.74) is -0.213. The average molecular weight is 514 g/mol. The maximum atomic E-state index is 13.6. The number of pyridine rings is 1. The van der Waals surface area contributed by atoms with Crippen molar-refractivity contribution in [3.05, 3.63) is 23.4 Å². The fraction of sp³-hybridized carbons (Fsp3) is 0.679. The van der Waals surface area contributed by atoms with Crippen LogP contribution in [-0.2, 0) is 9.53 Å². The van der Waals surface area contributed by atoms with Gasteiger partial charge in [0.25, 0.3) is 5.91 Å². The van der Waals surface area contributed by atoms with Crippen molar-refractivity contribution in [1.82, 2.24) is 14.8 Å². The van der Waals surface area contributed by atoms with Gasteiger partial charge in [-0.05, 0) is 51.5 Å². The van der Waals surface area contributed by atoms with Gasteiger partial charge in [0.1, 0.15) is 17.3 Å². The first kappa shape index (κ1) is 27.4. The molecule has 1 aliphatic carbocycles. The van der Waals surface area contributed by atoms with Gasteiger partial charge in [0.2, 0.25) is 11.8 Å². The van der Waals surface area contributed by atoms with Gasteiger partial charge in [0, 0.05) is 50.4 Å². The lowest BCUT2D eigenvalue weighted by molar-refractivity contribution is -0.138. The lowest BCUT2D eigenvalue weighted by Gasteiger charge is -2.38. The number of aliphatic hydroxyl groups excluding tert-OH is 1. The van der Waals surface area contributed by atoms with Gasteiger partial charge in [-0.3, -0.25) is 9.59 Å². The highest BCUT2D eigenvalue weighted by Crippen LogP contribution is 2.30. The molecule has 9 nitrogen and oxygen atoms in total. The smallest absolute Gasteiger partial charge is 0.259 e. The molecule has 1 aromatic rings. The van der Waals surface area contributed by atoms with Crippen LogP contribution in [0.2, 0.25) is 0 Å². The number of carbonyl (C=O) groups is 2. The topological polar surface area (TPSA) is 112 Å². The summed E-state index contributed by atoms with van der Waals surface area (Å²) < 4.78 is 11.7. The Balaban J connectivity index is 1.61. The number of amides is 2. The Hall–Kier alpha value is -2.67. The first-order valence-electron chi connectivity index (χ1n) is 13.4. The lowest BCUT2D eigenvalue weighted by Crippen LogP contribution is -2.51. The zero-order chi connectivity index (χ0) is 26.6. The van der Waals surface area contributed by atoms with Crippen LogP contribution in [0.15, 0.2) is 12.3 Å². The van der Waals surface area contributed by atoms with Gasteiger partial charge in [0.15, 0.2) is 0 Å². The standard InChI is InChI=1S/C28H39N3O6/c1-19-16-31(20(2)18-32)27(34)23-14-21(6-11-28(35)9-4-5-10-28)15-29-25(23)37-24(19)17-30(3)26(33)22-7-12-36-13-8-22/h14-15,19-20,22,24,32,35H,4-5,7-10,12-13,16-18H2,1-3H3/t19-,20-,24-/m1/s1. The molecule has 202 valence electrons. The van der Waals surface area contributed by atoms with E-state index in [0.717, 1.165) is 12.8 Å². The summed E-state index contributed by atoms with van der Waals surface area (Å²) in [6.45, 7) is 5.50. The lowest BCUT2D eigenvalue weighted by atomic mass is 9.97. The maximum absolute atomic E-state index is 13.6. The van der Waals surface area contributed by atoms with E-state index in [1.807, 2.05) is 6.92 Å². The second-order valence-corrected chi connectivity index (χ2v) is 10.8. The van der Waals surface area contributed by atoms with Gasteiger partial charge in [-0.2, -0.15) is 0 Å². The third-order valence-corrected chi connectivity index (χ3v) is 7.79. The molecular weight excluding hydrogens is 474 g/mol. The molecule has 37 heavy (non-hydrogen) atoms. The number of carbonyl (C=O) groups excluding carboxylic acids is 2. The average Bonchev–Trinajstić information content (AvgIpc) is 3.35. The zero-order valence-corrected chi connectivity index (χ0v) is 22.1. The Kier molecular flexibility index (Phi) is 8.73. The minimum absolute atomic E-state index is 0.0590. The summed E-state index contributed by atoms with van der Waals surface area (Å²) in [5, 5.41) is 20.5. The highest BCUT2D eigenvalue weighted by atomic mass is 16.5. The van der Waals surface area contributed by atoms with E-state index in [9.17, 15) is 19.8 Å². The van der Waals surface area contributed by atoms with Crippen LogP contribution in [0, 0.1) is 23.7 Å². The van der Waals surface area contributed by atoms with Crippen LogP contribution in [0.3, 0.4) is 0 Å². The number of aliphatic hydroxyl groups is 2. The quantitative estimate of drug-likeness (QED) is 0.578. The minimum atomic E-state index is -0.996. The summed E-state index contributed by atoms with van der Waals surface area (Å²) in [5.74, 6) is 5.75. The first-order valence-corrected chi connectivity index (χ1v) is 13.4. The Bertz CT molecular complexity index is 1040. The van der Waals surface area contributed by atoms with Gasteiger partial charge >= 0.3 is 0 Å². The molecule has 2 amide bonds. The monoisotopic (exact) mass is 513 g/mol. The molecule has 9 heteroatoms. The molecule has 2 aliphatic heterocycles. The Labute approximate surface area is 219 Å². The number of nitrogens with zero attached hydrogens (tertiary/aromatic N) is 3. The number of fused-ring (bicyclic) bond motifs is 1. The molecule has 0 aromatic carbocycles. The van der Waals surface area contributed by atoms with E-state index < -0.39 is 17.7 Å². The van der Waals surface area contributed by atoms with Gasteiger partial charge in [-0.15, -0.1) is 0 Å². The highest BCUT2D eigenvalue weighted by molar-refractivity contribution is 5.97. The zero-order valence-electron chi connectivity index (χ0n) is 22.1. The Morgan fingerprint density at radius 3 is 2.70 bits per heavy atom. The van der Waals surface area contributed by atoms with Crippen molar-refractivity contribution in [3.63, 3.8) is 0 Å². The van der Waals surface area contributed by atoms with Gasteiger partial charge in [-0.1, -0.05) is 18.8 Å². The molecule has 2 fully saturated rings. The fourth-order valence-corrected chi connectivity index (χ4v) is 5.28. The molecule has 2 N–H and O–H groups in total. The number of likely N-dealkylation sites (N-methyl/N-ethyl adjacent to an activating group) is 1. The number of aromatic nitrogens is 1. The fourth-order valence-electron chi connectivity index (χ4n) is 5.28. The third kappa shape index (κ3) is 6.43. The molecular formula is C28H39N3O6. The van der Waals surface area contributed by atoms with Crippen LogP contribution >= 0.6 is 0 Å². The molecule has 3 atom stereocenters. The van der Waals surface area contributed by atoms with Crippen molar-refractivity contribution < 1.29 is 29.3 Å². The summed E-state index contributed by atoms with van der Waals surface area (Å²) in [6.07, 6.45) is 5.74. The van der Waals surface area contributed by atoms with Crippen molar-refractivity contribution in [2.75, 3.05) is 40.0 Å². The summed E-state index contributed by atoms with van der Waals surface area (Å²) in [6, 6.07) is 1.24. The highest BCUT2D eigenvalue weighted by Gasteiger charge is 2.36. The minimum Gasteiger partial charge on any atom is -0.472 e. The number of rotatable bonds is 5. The predicted octanol–water partition coefficient (Wildman–Crippen LogP) is 1.84. The molecule has 4 rings (SSSR count). The van der Waals surface area contributed by atoms with Crippen molar-refractivity contribution in [1.29, 1.82) is 0 Å². The van der Waals surface area contributed by atoms with Crippen molar-refractivity contribution in [2.24, 2.45) is 11.8 Å². The number of ether oxygens (including phenoxy) is 2. The molecule has 0 unspecified atom stereocenters. The second kappa shape index (κ2) is 11.8. The van der Waals surface area contributed by atoms with E-state index in [1.165, 1.54) is 0 Å². The van der Waals surface area contributed by atoms with Crippen LogP contribution in [0.5, 0.6) is 5.88 Å². The van der Waals surface area contributed by atoms with Crippen LogP contribution < -0.4 is 4.74 Å². The van der Waals surface area contributed by atoms with E-state index in [1.54, 1.807) is 36.0 Å². The third-order valence-electron chi connectivity index (χ3n) is 7.79. The van der Waals surface area contributed by atoms with Crippen molar-refractivity contribution in [3.8, 4) is 17.7 Å². The summed E-state index contributed by atoms with van der Waals surface area (Å²) in [4.78, 5) is 34.4. The summed E-state index contributed by atoms with van der Waals surface area (Å²) >= 11 is 0. The van der Waals surface area contributed by atoms with Crippen molar-refractivity contribution >= 4 is 11.8 Å². The van der Waals surface area contributed by atoms with Gasteiger partial charge < -0.3 is 29.5 Å². The molecule has 0 bridgehead atoms. The van der Waals surface area contributed by atoms with Crippen LogP contribution in [0.4, 0.5) is 0 Å². The molecule has 0 spiro atoms. The molecule has 3 aliphatic rings. The molecule has 1 saturated heterocycles. The molecule has 1 aromatic heterocycles. The van der Waals surface area contributed by atoms with E-state index in [4.69, 9.17) is 9.47 Å². The summed E-state index contributed by atoms with van der Waals surface area (Å²) in [7, 11) is 1.78. The van der Waals surface area contributed by atoms with Crippen LogP contribution in [-0.4, -0.2) is 94.5 Å². The maximum Gasteiger partial charge on any atom is 0.259 e. The molecule has 1 saturated carbocycles. The first-order chi connectivity index (χ1) is 17.7. The number of hydrogen-bond donors (Lipinski definition) is 2. The van der Waals surface area contributed by atoms with Crippen LogP contribution in [0.25, 0.3) is 0 Å². The Morgan fingerprint density at radius 1 is 1.32 bits per heavy atom. The predicted molar refractivity (Wildman–Crippen MR) is 137 cm³/mol. The van der Waals surface area contributed by atoms with E-state index in [-0.39, 0.29) is 41.7 Å². The van der Waals surface area contributed by atoms with E-state index in [2.05, 4.69) is 16.8 Å².